The second kappa shape index (κ2) is 7.77. The van der Waals surface area contributed by atoms with Crippen LogP contribution in [0.1, 0.15) is 11.1 Å². The topological polar surface area (TPSA) is 80.3 Å². The number of nitrogens with zero attached hydrogens (tertiary/aromatic N) is 6. The zero-order valence-corrected chi connectivity index (χ0v) is 15.7. The van der Waals surface area contributed by atoms with Gasteiger partial charge in [0, 0.05) is 50.0 Å². The summed E-state index contributed by atoms with van der Waals surface area (Å²) in [5.41, 5.74) is 2.95. The number of nitro groups is 1. The van der Waals surface area contributed by atoms with Gasteiger partial charge < -0.3 is 4.90 Å². The molecule has 0 spiro atoms. The minimum atomic E-state index is -0.389. The van der Waals surface area contributed by atoms with Crippen LogP contribution in [-0.4, -0.2) is 50.8 Å². The number of pyridine rings is 1. The molecule has 1 aliphatic heterocycles. The van der Waals surface area contributed by atoms with Gasteiger partial charge in [-0.15, -0.1) is 0 Å². The Morgan fingerprint density at radius 2 is 1.86 bits per heavy atom. The van der Waals surface area contributed by atoms with Gasteiger partial charge in [0.25, 0.3) is 5.69 Å². The summed E-state index contributed by atoms with van der Waals surface area (Å²) in [4.78, 5) is 19.4. The Bertz CT molecular complexity index is 964. The van der Waals surface area contributed by atoms with Crippen molar-refractivity contribution in [2.75, 3.05) is 31.1 Å². The second-order valence-corrected chi connectivity index (χ2v) is 6.98. The van der Waals surface area contributed by atoms with Gasteiger partial charge >= 0.3 is 0 Å². The van der Waals surface area contributed by atoms with Crippen LogP contribution in [0.2, 0.25) is 0 Å². The number of piperazine rings is 1. The third-order valence-corrected chi connectivity index (χ3v) is 5.02. The van der Waals surface area contributed by atoms with Crippen LogP contribution in [0.5, 0.6) is 0 Å². The third-order valence-electron chi connectivity index (χ3n) is 5.02. The van der Waals surface area contributed by atoms with Crippen molar-refractivity contribution in [3.63, 3.8) is 0 Å². The molecule has 8 nitrogen and oxygen atoms in total. The van der Waals surface area contributed by atoms with Crippen molar-refractivity contribution >= 4 is 11.5 Å². The molecule has 3 aromatic rings. The molecule has 1 fully saturated rings. The standard InChI is InChI=1S/C20H22N6O2/c1-16-11-20(21-13-19(16)26(27)28)24-9-7-23(8-10-24)14-17-12-22-25(15-17)18-5-3-2-4-6-18/h2-6,11-13,15H,7-10,14H2,1H3. The lowest BCUT2D eigenvalue weighted by atomic mass is 10.2. The lowest BCUT2D eigenvalue weighted by Crippen LogP contribution is -2.46. The number of hydrogen-bond donors (Lipinski definition) is 0. The Labute approximate surface area is 163 Å². The number of aryl methyl sites for hydroxylation is 1. The van der Waals surface area contributed by atoms with Crippen LogP contribution < -0.4 is 4.90 Å². The highest BCUT2D eigenvalue weighted by atomic mass is 16.6. The third kappa shape index (κ3) is 3.86. The van der Waals surface area contributed by atoms with Crippen molar-refractivity contribution in [1.82, 2.24) is 19.7 Å². The molecule has 3 heterocycles. The second-order valence-electron chi connectivity index (χ2n) is 6.98. The number of rotatable bonds is 5. The molecule has 0 radical (unpaired) electrons. The van der Waals surface area contributed by atoms with Crippen LogP contribution in [0.4, 0.5) is 11.5 Å². The van der Waals surface area contributed by atoms with Crippen molar-refractivity contribution in [2.45, 2.75) is 13.5 Å². The summed E-state index contributed by atoms with van der Waals surface area (Å²) in [5.74, 6) is 0.805. The maximum Gasteiger partial charge on any atom is 0.290 e. The minimum absolute atomic E-state index is 0.0674. The molecule has 0 saturated carbocycles. The van der Waals surface area contributed by atoms with Gasteiger partial charge in [-0.3, -0.25) is 15.0 Å². The predicted octanol–water partition coefficient (Wildman–Crippen LogP) is 2.81. The van der Waals surface area contributed by atoms with Gasteiger partial charge in [0.1, 0.15) is 12.0 Å². The molecule has 1 saturated heterocycles. The maximum absolute atomic E-state index is 11.0. The Balaban J connectivity index is 1.35. The number of para-hydroxylation sites is 1. The van der Waals surface area contributed by atoms with Crippen molar-refractivity contribution < 1.29 is 4.92 Å². The van der Waals surface area contributed by atoms with Gasteiger partial charge in [-0.05, 0) is 25.1 Å². The van der Waals surface area contributed by atoms with Crippen LogP contribution >= 0.6 is 0 Å². The van der Waals surface area contributed by atoms with E-state index in [1.165, 1.54) is 11.8 Å². The monoisotopic (exact) mass is 378 g/mol. The minimum Gasteiger partial charge on any atom is -0.354 e. The first-order valence-electron chi connectivity index (χ1n) is 9.27. The van der Waals surface area contributed by atoms with E-state index in [0.717, 1.165) is 44.2 Å². The molecule has 2 aromatic heterocycles. The van der Waals surface area contributed by atoms with E-state index < -0.39 is 0 Å². The zero-order valence-electron chi connectivity index (χ0n) is 15.7. The predicted molar refractivity (Wildman–Crippen MR) is 107 cm³/mol. The average molecular weight is 378 g/mol. The number of aromatic nitrogens is 3. The molecule has 0 amide bonds. The van der Waals surface area contributed by atoms with Crippen LogP contribution in [0.3, 0.4) is 0 Å². The normalized spacial score (nSPS) is 15.0. The van der Waals surface area contributed by atoms with E-state index in [0.29, 0.717) is 5.56 Å². The first kappa shape index (κ1) is 18.1. The zero-order chi connectivity index (χ0) is 19.5. The number of anilines is 1. The van der Waals surface area contributed by atoms with Crippen LogP contribution in [-0.2, 0) is 6.54 Å². The highest BCUT2D eigenvalue weighted by Crippen LogP contribution is 2.22. The molecule has 0 bridgehead atoms. The van der Waals surface area contributed by atoms with Gasteiger partial charge in [0.05, 0.1) is 16.8 Å². The van der Waals surface area contributed by atoms with Gasteiger partial charge in [0.15, 0.2) is 0 Å². The van der Waals surface area contributed by atoms with Gasteiger partial charge in [0.2, 0.25) is 0 Å². The maximum atomic E-state index is 11.0. The molecule has 144 valence electrons. The Hall–Kier alpha value is -3.26. The lowest BCUT2D eigenvalue weighted by Gasteiger charge is -2.35. The highest BCUT2D eigenvalue weighted by molar-refractivity contribution is 5.49. The number of benzene rings is 1. The van der Waals surface area contributed by atoms with Crippen molar-refractivity contribution in [3.05, 3.63) is 76.2 Å². The average Bonchev–Trinajstić information content (AvgIpc) is 3.17. The van der Waals surface area contributed by atoms with Crippen LogP contribution in [0.25, 0.3) is 5.69 Å². The molecular formula is C20H22N6O2. The van der Waals surface area contributed by atoms with Crippen molar-refractivity contribution in [1.29, 1.82) is 0 Å². The number of hydrogen-bond acceptors (Lipinski definition) is 6. The van der Waals surface area contributed by atoms with E-state index in [9.17, 15) is 10.1 Å². The van der Waals surface area contributed by atoms with Crippen LogP contribution in [0.15, 0.2) is 55.0 Å². The summed E-state index contributed by atoms with van der Waals surface area (Å²) in [6.07, 6.45) is 5.35. The van der Waals surface area contributed by atoms with E-state index in [2.05, 4.69) is 26.1 Å². The molecule has 28 heavy (non-hydrogen) atoms. The molecular weight excluding hydrogens is 356 g/mol. The highest BCUT2D eigenvalue weighted by Gasteiger charge is 2.20. The van der Waals surface area contributed by atoms with E-state index in [-0.39, 0.29) is 10.6 Å². The van der Waals surface area contributed by atoms with E-state index in [1.54, 1.807) is 13.0 Å². The largest absolute Gasteiger partial charge is 0.354 e. The smallest absolute Gasteiger partial charge is 0.290 e. The fourth-order valence-electron chi connectivity index (χ4n) is 3.45. The summed E-state index contributed by atoms with van der Waals surface area (Å²) in [7, 11) is 0. The molecule has 1 aliphatic rings. The Morgan fingerprint density at radius 3 is 2.54 bits per heavy atom. The summed E-state index contributed by atoms with van der Waals surface area (Å²) < 4.78 is 1.90. The molecule has 0 aliphatic carbocycles. The molecule has 0 N–H and O–H groups in total. The van der Waals surface area contributed by atoms with Crippen molar-refractivity contribution in [3.8, 4) is 5.69 Å². The molecule has 8 heteroatoms. The van der Waals surface area contributed by atoms with Gasteiger partial charge in [-0.2, -0.15) is 5.10 Å². The quantitative estimate of drug-likeness (QED) is 0.502. The van der Waals surface area contributed by atoms with E-state index in [1.807, 2.05) is 41.2 Å². The van der Waals surface area contributed by atoms with Gasteiger partial charge in [-0.1, -0.05) is 18.2 Å². The molecule has 0 atom stereocenters. The van der Waals surface area contributed by atoms with E-state index in [4.69, 9.17) is 0 Å². The molecule has 4 rings (SSSR count). The SMILES string of the molecule is Cc1cc(N2CCN(Cc3cnn(-c4ccccc4)c3)CC2)ncc1[N+](=O)[O-]. The summed E-state index contributed by atoms with van der Waals surface area (Å²) in [5, 5.41) is 15.4. The first-order chi connectivity index (χ1) is 13.6. The fourth-order valence-corrected chi connectivity index (χ4v) is 3.45. The molecule has 0 unspecified atom stereocenters. The van der Waals surface area contributed by atoms with Gasteiger partial charge in [-0.25, -0.2) is 9.67 Å². The fraction of sp³-hybridized carbons (Fsp3) is 0.300. The molecule has 1 aromatic carbocycles. The van der Waals surface area contributed by atoms with Crippen molar-refractivity contribution in [2.24, 2.45) is 0 Å². The summed E-state index contributed by atoms with van der Waals surface area (Å²) >= 11 is 0. The van der Waals surface area contributed by atoms with E-state index >= 15 is 0 Å². The first-order valence-corrected chi connectivity index (χ1v) is 9.27. The Kier molecular flexibility index (Phi) is 5.03. The summed E-state index contributed by atoms with van der Waals surface area (Å²) in [6.45, 7) is 6.12. The van der Waals surface area contributed by atoms with Crippen LogP contribution in [0, 0.1) is 17.0 Å². The summed E-state index contributed by atoms with van der Waals surface area (Å²) in [6, 6.07) is 11.9. The lowest BCUT2D eigenvalue weighted by molar-refractivity contribution is -0.385. The Morgan fingerprint density at radius 1 is 1.11 bits per heavy atom.